The van der Waals surface area contributed by atoms with E-state index in [-0.39, 0.29) is 12.4 Å². The van der Waals surface area contributed by atoms with E-state index in [2.05, 4.69) is 10.5 Å². The van der Waals surface area contributed by atoms with Crippen LogP contribution in [0.1, 0.15) is 41.8 Å². The summed E-state index contributed by atoms with van der Waals surface area (Å²) in [5.41, 5.74) is 4.57. The second kappa shape index (κ2) is 13.5. The van der Waals surface area contributed by atoms with Crippen molar-refractivity contribution in [2.75, 3.05) is 19.8 Å². The van der Waals surface area contributed by atoms with Gasteiger partial charge in [-0.2, -0.15) is 5.10 Å². The third-order valence-corrected chi connectivity index (χ3v) is 4.83. The fourth-order valence-corrected chi connectivity index (χ4v) is 3.02. The first kappa shape index (κ1) is 26.3. The lowest BCUT2D eigenvalue weighted by Gasteiger charge is -2.12. The van der Waals surface area contributed by atoms with Crippen molar-refractivity contribution in [2.45, 2.75) is 27.2 Å². The zero-order chi connectivity index (χ0) is 25.8. The van der Waals surface area contributed by atoms with E-state index in [0.29, 0.717) is 41.6 Å². The number of carbonyl (C=O) groups excluding carboxylic acids is 2. The number of hydrogen-bond donors (Lipinski definition) is 1. The maximum absolute atomic E-state index is 12.6. The normalized spacial score (nSPS) is 10.6. The van der Waals surface area contributed by atoms with Crippen molar-refractivity contribution in [3.63, 3.8) is 0 Å². The molecule has 0 aliphatic carbocycles. The second-order valence-electron chi connectivity index (χ2n) is 7.80. The minimum absolute atomic E-state index is 0.162. The third kappa shape index (κ3) is 8.16. The number of carbonyl (C=O) groups is 2. The van der Waals surface area contributed by atoms with Gasteiger partial charge in [0, 0.05) is 0 Å². The van der Waals surface area contributed by atoms with Gasteiger partial charge in [0.15, 0.2) is 18.1 Å². The topological polar surface area (TPSA) is 95.5 Å². The van der Waals surface area contributed by atoms with Crippen LogP contribution in [0.5, 0.6) is 23.0 Å². The molecule has 188 valence electrons. The molecule has 3 rings (SSSR count). The van der Waals surface area contributed by atoms with E-state index >= 15 is 0 Å². The molecule has 36 heavy (non-hydrogen) atoms. The number of esters is 1. The summed E-state index contributed by atoms with van der Waals surface area (Å²) in [6.45, 7) is 6.66. The number of aryl methyl sites for hydroxylation is 1. The second-order valence-corrected chi connectivity index (χ2v) is 7.80. The van der Waals surface area contributed by atoms with Gasteiger partial charge in [0.2, 0.25) is 0 Å². The Morgan fingerprint density at radius 1 is 0.861 bits per heavy atom. The van der Waals surface area contributed by atoms with Crippen LogP contribution < -0.4 is 24.4 Å². The van der Waals surface area contributed by atoms with E-state index in [1.165, 1.54) is 6.21 Å². The first-order chi connectivity index (χ1) is 17.5. The van der Waals surface area contributed by atoms with Crippen molar-refractivity contribution in [1.82, 2.24) is 5.43 Å². The fourth-order valence-electron chi connectivity index (χ4n) is 3.02. The Kier molecular flexibility index (Phi) is 9.88. The lowest BCUT2D eigenvalue weighted by molar-refractivity contribution is -0.123. The molecular weight excluding hydrogens is 460 g/mol. The molecule has 0 saturated heterocycles. The molecule has 0 spiro atoms. The minimum Gasteiger partial charge on any atom is -0.494 e. The molecule has 0 bridgehead atoms. The van der Waals surface area contributed by atoms with E-state index < -0.39 is 11.9 Å². The van der Waals surface area contributed by atoms with Gasteiger partial charge < -0.3 is 18.9 Å². The van der Waals surface area contributed by atoms with Crippen molar-refractivity contribution >= 4 is 18.1 Å². The molecule has 0 aromatic heterocycles. The van der Waals surface area contributed by atoms with Crippen LogP contribution in [0.25, 0.3) is 0 Å². The van der Waals surface area contributed by atoms with Gasteiger partial charge in [0.25, 0.3) is 5.91 Å². The number of rotatable bonds is 12. The Hall–Kier alpha value is -4.33. The van der Waals surface area contributed by atoms with Crippen LogP contribution in [0.4, 0.5) is 0 Å². The van der Waals surface area contributed by atoms with Gasteiger partial charge in [-0.25, -0.2) is 10.2 Å². The molecule has 8 heteroatoms. The van der Waals surface area contributed by atoms with Crippen LogP contribution >= 0.6 is 0 Å². The molecule has 3 aromatic rings. The van der Waals surface area contributed by atoms with Gasteiger partial charge in [-0.15, -0.1) is 0 Å². The van der Waals surface area contributed by atoms with Gasteiger partial charge in [-0.05, 0) is 80.4 Å². The van der Waals surface area contributed by atoms with Crippen LogP contribution in [0, 0.1) is 6.92 Å². The zero-order valence-electron chi connectivity index (χ0n) is 20.7. The van der Waals surface area contributed by atoms with Crippen molar-refractivity contribution in [3.8, 4) is 23.0 Å². The number of ether oxygens (including phenoxy) is 4. The molecule has 0 radical (unpaired) electrons. The van der Waals surface area contributed by atoms with Crippen LogP contribution in [0.15, 0.2) is 71.8 Å². The zero-order valence-corrected chi connectivity index (χ0v) is 20.7. The molecule has 0 heterocycles. The molecule has 0 aliphatic rings. The minimum atomic E-state index is -0.514. The number of benzene rings is 3. The van der Waals surface area contributed by atoms with Crippen LogP contribution in [-0.2, 0) is 4.79 Å². The molecule has 0 saturated carbocycles. The lowest BCUT2D eigenvalue weighted by Crippen LogP contribution is -2.24. The van der Waals surface area contributed by atoms with E-state index in [1.807, 2.05) is 32.9 Å². The predicted molar refractivity (Wildman–Crippen MR) is 137 cm³/mol. The van der Waals surface area contributed by atoms with Crippen molar-refractivity contribution < 1.29 is 28.5 Å². The summed E-state index contributed by atoms with van der Waals surface area (Å²) in [5.74, 6) is 1.05. The number of nitrogens with one attached hydrogen (secondary N) is 1. The van der Waals surface area contributed by atoms with Crippen molar-refractivity contribution in [1.29, 1.82) is 0 Å². The van der Waals surface area contributed by atoms with E-state index in [9.17, 15) is 9.59 Å². The molecule has 0 atom stereocenters. The largest absolute Gasteiger partial charge is 0.494 e. The molecule has 0 aliphatic heterocycles. The van der Waals surface area contributed by atoms with E-state index in [0.717, 1.165) is 12.0 Å². The van der Waals surface area contributed by atoms with Gasteiger partial charge >= 0.3 is 5.97 Å². The summed E-state index contributed by atoms with van der Waals surface area (Å²) in [4.78, 5) is 24.6. The predicted octanol–water partition coefficient (Wildman–Crippen LogP) is 4.93. The number of hydrogen-bond acceptors (Lipinski definition) is 7. The summed E-state index contributed by atoms with van der Waals surface area (Å²) in [5, 5.41) is 3.96. The monoisotopic (exact) mass is 490 g/mol. The average molecular weight is 491 g/mol. The molecule has 0 fully saturated rings. The number of amides is 1. The number of hydrazone groups is 1. The Bertz CT molecular complexity index is 1170. The molecule has 1 amide bonds. The highest BCUT2D eigenvalue weighted by atomic mass is 16.6. The molecule has 0 unspecified atom stereocenters. The first-order valence-electron chi connectivity index (χ1n) is 11.7. The van der Waals surface area contributed by atoms with E-state index in [4.69, 9.17) is 18.9 Å². The highest BCUT2D eigenvalue weighted by Crippen LogP contribution is 2.29. The Morgan fingerprint density at radius 3 is 2.25 bits per heavy atom. The summed E-state index contributed by atoms with van der Waals surface area (Å²) in [6.07, 6.45) is 2.37. The molecule has 3 aromatic carbocycles. The van der Waals surface area contributed by atoms with Crippen LogP contribution in [0.3, 0.4) is 0 Å². The summed E-state index contributed by atoms with van der Waals surface area (Å²) >= 11 is 0. The molecule has 8 nitrogen and oxygen atoms in total. The summed E-state index contributed by atoms with van der Waals surface area (Å²) in [7, 11) is 0. The molecular formula is C28H30N2O6. The van der Waals surface area contributed by atoms with Gasteiger partial charge in [-0.3, -0.25) is 4.79 Å². The van der Waals surface area contributed by atoms with Crippen molar-refractivity contribution in [2.24, 2.45) is 5.10 Å². The third-order valence-electron chi connectivity index (χ3n) is 4.83. The number of nitrogens with zero attached hydrogens (tertiary/aromatic N) is 1. The fraction of sp³-hybridized carbons (Fsp3) is 0.250. The Labute approximate surface area is 210 Å². The summed E-state index contributed by atoms with van der Waals surface area (Å²) < 4.78 is 22.2. The lowest BCUT2D eigenvalue weighted by atomic mass is 10.2. The van der Waals surface area contributed by atoms with Gasteiger partial charge in [-0.1, -0.05) is 24.6 Å². The van der Waals surface area contributed by atoms with Crippen LogP contribution in [0.2, 0.25) is 0 Å². The maximum Gasteiger partial charge on any atom is 0.343 e. The van der Waals surface area contributed by atoms with Crippen LogP contribution in [-0.4, -0.2) is 37.9 Å². The van der Waals surface area contributed by atoms with E-state index in [1.54, 1.807) is 54.6 Å². The maximum atomic E-state index is 12.6. The smallest absolute Gasteiger partial charge is 0.343 e. The Morgan fingerprint density at radius 2 is 1.56 bits per heavy atom. The van der Waals surface area contributed by atoms with Gasteiger partial charge in [0.05, 0.1) is 25.0 Å². The molecule has 1 N–H and O–H groups in total. The van der Waals surface area contributed by atoms with Crippen molar-refractivity contribution in [3.05, 3.63) is 83.4 Å². The highest BCUT2D eigenvalue weighted by Gasteiger charge is 2.13. The first-order valence-corrected chi connectivity index (χ1v) is 11.7. The Balaban J connectivity index is 1.57. The SMILES string of the molecule is CCCOc1ccc(C(=O)Oc2ccc(C=NNC(=O)COc3ccc(C)cc3)cc2OCC)cc1. The standard InChI is InChI=1S/C28H30N2O6/c1-4-16-34-23-13-9-22(10-14-23)28(32)36-25-15-8-21(17-26(25)33-5-2)18-29-30-27(31)19-35-24-11-6-20(3)7-12-24/h6-15,17-18H,4-5,16,19H2,1-3H3,(H,30,31). The summed E-state index contributed by atoms with van der Waals surface area (Å²) in [6, 6.07) is 19.2. The highest BCUT2D eigenvalue weighted by molar-refractivity contribution is 5.92. The van der Waals surface area contributed by atoms with Gasteiger partial charge in [0.1, 0.15) is 11.5 Å². The average Bonchev–Trinajstić information content (AvgIpc) is 2.89. The quantitative estimate of drug-likeness (QED) is 0.167.